The summed E-state index contributed by atoms with van der Waals surface area (Å²) in [4.78, 5) is 4.36. The summed E-state index contributed by atoms with van der Waals surface area (Å²) in [6.07, 6.45) is 10.5. The molecule has 18 heavy (non-hydrogen) atoms. The molecule has 3 heteroatoms. The average Bonchev–Trinajstić information content (AvgIpc) is 2.76. The fourth-order valence-electron chi connectivity index (χ4n) is 3.04. The van der Waals surface area contributed by atoms with Crippen molar-refractivity contribution in [3.8, 4) is 0 Å². The molecule has 0 amide bonds. The second kappa shape index (κ2) is 6.37. The topological polar surface area (TPSA) is 29.9 Å². The minimum Gasteiger partial charge on any atom is -0.338 e. The van der Waals surface area contributed by atoms with Crippen molar-refractivity contribution in [3.63, 3.8) is 0 Å². The summed E-state index contributed by atoms with van der Waals surface area (Å²) < 4.78 is 2.11. The lowest BCUT2D eigenvalue weighted by Crippen LogP contribution is -2.36. The van der Waals surface area contributed by atoms with E-state index in [1.807, 2.05) is 12.4 Å². The predicted molar refractivity (Wildman–Crippen MR) is 75.5 cm³/mol. The summed E-state index contributed by atoms with van der Waals surface area (Å²) in [6, 6.07) is 0.728. The van der Waals surface area contributed by atoms with Gasteiger partial charge < -0.3 is 9.88 Å². The van der Waals surface area contributed by atoms with Gasteiger partial charge in [-0.15, -0.1) is 0 Å². The smallest absolute Gasteiger partial charge is 0.109 e. The van der Waals surface area contributed by atoms with E-state index in [1.165, 1.54) is 31.5 Å². The summed E-state index contributed by atoms with van der Waals surface area (Å²) in [5.74, 6) is 2.94. The van der Waals surface area contributed by atoms with Crippen LogP contribution in [0.15, 0.2) is 12.4 Å². The van der Waals surface area contributed by atoms with Crippen LogP contribution in [0.4, 0.5) is 0 Å². The van der Waals surface area contributed by atoms with Crippen molar-refractivity contribution in [2.75, 3.05) is 6.54 Å². The molecule has 1 aromatic heterocycles. The molecule has 1 fully saturated rings. The molecular weight excluding hydrogens is 222 g/mol. The third kappa shape index (κ3) is 3.58. The molecule has 2 unspecified atom stereocenters. The van der Waals surface area contributed by atoms with Crippen LogP contribution in [0.5, 0.6) is 0 Å². The summed E-state index contributed by atoms with van der Waals surface area (Å²) in [7, 11) is 2.07. The van der Waals surface area contributed by atoms with E-state index in [9.17, 15) is 0 Å². The Labute approximate surface area is 111 Å². The number of nitrogens with zero attached hydrogens (tertiary/aromatic N) is 2. The zero-order chi connectivity index (χ0) is 13.0. The standard InChI is InChI=1S/C15H27N3/c1-12(2)13-5-4-6-14(11-13)16-8-7-15-17-9-10-18(15)3/h9-10,12-14,16H,4-8,11H2,1-3H3. The van der Waals surface area contributed by atoms with Gasteiger partial charge in [0.05, 0.1) is 0 Å². The molecular formula is C15H27N3. The Bertz CT molecular complexity index is 356. The maximum absolute atomic E-state index is 4.36. The van der Waals surface area contributed by atoms with Gasteiger partial charge in [0.1, 0.15) is 5.82 Å². The summed E-state index contributed by atoms with van der Waals surface area (Å²) in [6.45, 7) is 5.78. The van der Waals surface area contributed by atoms with Gasteiger partial charge in [-0.2, -0.15) is 0 Å². The van der Waals surface area contributed by atoms with Gasteiger partial charge in [-0.25, -0.2) is 4.98 Å². The van der Waals surface area contributed by atoms with Crippen LogP contribution in [0.1, 0.15) is 45.4 Å². The second-order valence-electron chi connectivity index (χ2n) is 6.03. The highest BCUT2D eigenvalue weighted by Crippen LogP contribution is 2.29. The van der Waals surface area contributed by atoms with Gasteiger partial charge in [-0.1, -0.05) is 26.7 Å². The fraction of sp³-hybridized carbons (Fsp3) is 0.800. The molecule has 1 heterocycles. The van der Waals surface area contributed by atoms with E-state index < -0.39 is 0 Å². The molecule has 1 N–H and O–H groups in total. The number of nitrogens with one attached hydrogen (secondary N) is 1. The molecule has 0 bridgehead atoms. The first kappa shape index (κ1) is 13.6. The zero-order valence-electron chi connectivity index (χ0n) is 12.0. The van der Waals surface area contributed by atoms with Crippen LogP contribution in [-0.2, 0) is 13.5 Å². The second-order valence-corrected chi connectivity index (χ2v) is 6.03. The van der Waals surface area contributed by atoms with Crippen LogP contribution in [0.3, 0.4) is 0 Å². The maximum atomic E-state index is 4.36. The highest BCUT2D eigenvalue weighted by Gasteiger charge is 2.23. The number of hydrogen-bond donors (Lipinski definition) is 1. The van der Waals surface area contributed by atoms with Crippen LogP contribution >= 0.6 is 0 Å². The van der Waals surface area contributed by atoms with E-state index in [4.69, 9.17) is 0 Å². The Hall–Kier alpha value is -0.830. The number of aromatic nitrogens is 2. The molecule has 1 saturated carbocycles. The van der Waals surface area contributed by atoms with Gasteiger partial charge >= 0.3 is 0 Å². The monoisotopic (exact) mass is 249 g/mol. The molecule has 0 aromatic carbocycles. The molecule has 1 aliphatic rings. The number of rotatable bonds is 5. The molecule has 1 aliphatic carbocycles. The molecule has 2 atom stereocenters. The highest BCUT2D eigenvalue weighted by atomic mass is 15.0. The Balaban J connectivity index is 1.72. The molecule has 1 aromatic rings. The van der Waals surface area contributed by atoms with E-state index in [-0.39, 0.29) is 0 Å². The lowest BCUT2D eigenvalue weighted by molar-refractivity contribution is 0.232. The Morgan fingerprint density at radius 1 is 1.44 bits per heavy atom. The first-order chi connectivity index (χ1) is 8.66. The van der Waals surface area contributed by atoms with Gasteiger partial charge in [0.15, 0.2) is 0 Å². The van der Waals surface area contributed by atoms with Gasteiger partial charge in [-0.05, 0) is 24.7 Å². The SMILES string of the molecule is CC(C)C1CCCC(NCCc2nccn2C)C1. The number of aryl methyl sites for hydroxylation is 1. The highest BCUT2D eigenvalue weighted by molar-refractivity contribution is 4.92. The van der Waals surface area contributed by atoms with Gasteiger partial charge in [-0.3, -0.25) is 0 Å². The molecule has 0 aliphatic heterocycles. The number of hydrogen-bond acceptors (Lipinski definition) is 2. The third-order valence-electron chi connectivity index (χ3n) is 4.36. The molecule has 0 radical (unpaired) electrons. The van der Waals surface area contributed by atoms with Crippen LogP contribution in [0.2, 0.25) is 0 Å². The Kier molecular flexibility index (Phi) is 4.81. The molecule has 2 rings (SSSR count). The minimum absolute atomic E-state index is 0.728. The van der Waals surface area contributed by atoms with Crippen molar-refractivity contribution in [1.82, 2.24) is 14.9 Å². The van der Waals surface area contributed by atoms with E-state index >= 15 is 0 Å². The number of imidazole rings is 1. The molecule has 0 saturated heterocycles. The van der Waals surface area contributed by atoms with Crippen molar-refractivity contribution in [3.05, 3.63) is 18.2 Å². The van der Waals surface area contributed by atoms with Crippen molar-refractivity contribution in [1.29, 1.82) is 0 Å². The predicted octanol–water partition coefficient (Wildman–Crippen LogP) is 2.77. The lowest BCUT2D eigenvalue weighted by Gasteiger charge is -2.32. The Morgan fingerprint density at radius 2 is 2.28 bits per heavy atom. The van der Waals surface area contributed by atoms with Crippen LogP contribution in [-0.4, -0.2) is 22.1 Å². The van der Waals surface area contributed by atoms with Crippen molar-refractivity contribution < 1.29 is 0 Å². The minimum atomic E-state index is 0.728. The van der Waals surface area contributed by atoms with E-state index in [0.29, 0.717) is 0 Å². The Morgan fingerprint density at radius 3 is 2.94 bits per heavy atom. The summed E-state index contributed by atoms with van der Waals surface area (Å²) >= 11 is 0. The average molecular weight is 249 g/mol. The first-order valence-corrected chi connectivity index (χ1v) is 7.36. The van der Waals surface area contributed by atoms with E-state index in [2.05, 4.69) is 35.8 Å². The summed E-state index contributed by atoms with van der Waals surface area (Å²) in [5.41, 5.74) is 0. The van der Waals surface area contributed by atoms with Crippen molar-refractivity contribution in [2.45, 2.75) is 52.0 Å². The van der Waals surface area contributed by atoms with Crippen molar-refractivity contribution in [2.24, 2.45) is 18.9 Å². The van der Waals surface area contributed by atoms with Crippen LogP contribution in [0.25, 0.3) is 0 Å². The third-order valence-corrected chi connectivity index (χ3v) is 4.36. The maximum Gasteiger partial charge on any atom is 0.109 e. The first-order valence-electron chi connectivity index (χ1n) is 7.36. The van der Waals surface area contributed by atoms with E-state index in [1.54, 1.807) is 0 Å². The van der Waals surface area contributed by atoms with E-state index in [0.717, 1.165) is 30.8 Å². The molecule has 102 valence electrons. The van der Waals surface area contributed by atoms with Gasteiger partial charge in [0, 0.05) is 38.4 Å². The normalized spacial score (nSPS) is 24.7. The van der Waals surface area contributed by atoms with Crippen LogP contribution < -0.4 is 5.32 Å². The quantitative estimate of drug-likeness (QED) is 0.869. The van der Waals surface area contributed by atoms with Gasteiger partial charge in [0.25, 0.3) is 0 Å². The fourth-order valence-corrected chi connectivity index (χ4v) is 3.04. The summed E-state index contributed by atoms with van der Waals surface area (Å²) in [5, 5.41) is 3.72. The van der Waals surface area contributed by atoms with Crippen molar-refractivity contribution >= 4 is 0 Å². The zero-order valence-corrected chi connectivity index (χ0v) is 12.0. The molecule has 3 nitrogen and oxygen atoms in total. The van der Waals surface area contributed by atoms with Crippen LogP contribution in [0, 0.1) is 11.8 Å². The lowest BCUT2D eigenvalue weighted by atomic mass is 9.79. The van der Waals surface area contributed by atoms with Gasteiger partial charge in [0.2, 0.25) is 0 Å². The molecule has 0 spiro atoms. The largest absolute Gasteiger partial charge is 0.338 e.